The van der Waals surface area contributed by atoms with E-state index in [1.165, 1.54) is 12.1 Å². The van der Waals surface area contributed by atoms with Crippen LogP contribution < -0.4 is 0 Å². The third-order valence-corrected chi connectivity index (χ3v) is 3.56. The Labute approximate surface area is 130 Å². The summed E-state index contributed by atoms with van der Waals surface area (Å²) in [7, 11) is 1.92. The summed E-state index contributed by atoms with van der Waals surface area (Å²) in [6, 6.07) is 12.0. The van der Waals surface area contributed by atoms with Crippen molar-refractivity contribution in [2.75, 3.05) is 7.05 Å². The van der Waals surface area contributed by atoms with Crippen LogP contribution in [0.5, 0.6) is 0 Å². The van der Waals surface area contributed by atoms with Gasteiger partial charge in [0, 0.05) is 23.6 Å². The highest BCUT2D eigenvalue weighted by Gasteiger charge is 2.14. The maximum absolute atomic E-state index is 13.6. The molecule has 0 spiro atoms. The Hall–Kier alpha value is -1.79. The van der Waals surface area contributed by atoms with E-state index in [0.29, 0.717) is 18.7 Å². The highest BCUT2D eigenvalue weighted by molar-refractivity contribution is 9.10. The first-order valence-corrected chi connectivity index (χ1v) is 7.11. The van der Waals surface area contributed by atoms with Crippen molar-refractivity contribution in [3.63, 3.8) is 0 Å². The van der Waals surface area contributed by atoms with Crippen molar-refractivity contribution < 1.29 is 9.31 Å². The molecule has 21 heavy (non-hydrogen) atoms. The van der Waals surface area contributed by atoms with Crippen LogP contribution in [0.15, 0.2) is 46.9 Å². The SMILES string of the molecule is CN(Cc1ccc(Br)cc1)Cc1ccc([N+](=O)[O-])c(F)c1. The summed E-state index contributed by atoms with van der Waals surface area (Å²) in [5.74, 6) is -0.797. The molecule has 0 aliphatic carbocycles. The number of nitro benzene ring substituents is 1. The highest BCUT2D eigenvalue weighted by Crippen LogP contribution is 2.19. The molecule has 0 atom stereocenters. The summed E-state index contributed by atoms with van der Waals surface area (Å²) < 4.78 is 14.6. The van der Waals surface area contributed by atoms with Crippen LogP contribution in [-0.4, -0.2) is 16.9 Å². The van der Waals surface area contributed by atoms with Crippen LogP contribution in [0.25, 0.3) is 0 Å². The predicted molar refractivity (Wildman–Crippen MR) is 82.4 cm³/mol. The number of benzene rings is 2. The second kappa shape index (κ2) is 6.78. The third kappa shape index (κ3) is 4.34. The van der Waals surface area contributed by atoms with E-state index in [0.717, 1.165) is 10.0 Å². The molecule has 6 heteroatoms. The number of hydrogen-bond acceptors (Lipinski definition) is 3. The molecule has 0 amide bonds. The summed E-state index contributed by atoms with van der Waals surface area (Å²) in [4.78, 5) is 11.9. The van der Waals surface area contributed by atoms with Crippen molar-refractivity contribution in [2.24, 2.45) is 0 Å². The Morgan fingerprint density at radius 3 is 2.29 bits per heavy atom. The molecule has 0 saturated carbocycles. The van der Waals surface area contributed by atoms with Gasteiger partial charge in [0.1, 0.15) is 0 Å². The average molecular weight is 353 g/mol. The zero-order valence-electron chi connectivity index (χ0n) is 11.4. The van der Waals surface area contributed by atoms with Gasteiger partial charge in [-0.05, 0) is 36.4 Å². The second-order valence-electron chi connectivity index (χ2n) is 4.84. The second-order valence-corrected chi connectivity index (χ2v) is 5.76. The molecule has 2 aromatic carbocycles. The number of hydrogen-bond donors (Lipinski definition) is 0. The number of nitrogens with zero attached hydrogens (tertiary/aromatic N) is 2. The molecule has 0 aromatic heterocycles. The molecular formula is C15H14BrFN2O2. The van der Waals surface area contributed by atoms with Gasteiger partial charge in [-0.15, -0.1) is 0 Å². The van der Waals surface area contributed by atoms with Gasteiger partial charge in [-0.2, -0.15) is 4.39 Å². The van der Waals surface area contributed by atoms with E-state index in [1.54, 1.807) is 6.07 Å². The largest absolute Gasteiger partial charge is 0.304 e. The molecule has 110 valence electrons. The van der Waals surface area contributed by atoms with E-state index in [1.807, 2.05) is 36.2 Å². The lowest BCUT2D eigenvalue weighted by Crippen LogP contribution is -2.17. The Morgan fingerprint density at radius 2 is 1.71 bits per heavy atom. The van der Waals surface area contributed by atoms with Crippen molar-refractivity contribution in [1.29, 1.82) is 0 Å². The third-order valence-electron chi connectivity index (χ3n) is 3.03. The smallest absolute Gasteiger partial charge is 0.298 e. The molecule has 0 saturated heterocycles. The molecule has 0 aliphatic heterocycles. The van der Waals surface area contributed by atoms with Gasteiger partial charge in [0.25, 0.3) is 0 Å². The van der Waals surface area contributed by atoms with Crippen LogP contribution in [0.2, 0.25) is 0 Å². The Kier molecular flexibility index (Phi) is 5.03. The molecule has 2 rings (SSSR count). The van der Waals surface area contributed by atoms with Crippen molar-refractivity contribution in [3.05, 3.63) is 74.0 Å². The van der Waals surface area contributed by atoms with Gasteiger partial charge in [0.15, 0.2) is 0 Å². The minimum atomic E-state index is -0.797. The minimum Gasteiger partial charge on any atom is -0.298 e. The monoisotopic (exact) mass is 352 g/mol. The topological polar surface area (TPSA) is 46.4 Å². The molecular weight excluding hydrogens is 339 g/mol. The van der Waals surface area contributed by atoms with Gasteiger partial charge < -0.3 is 0 Å². The predicted octanol–water partition coefficient (Wildman–Crippen LogP) is 4.13. The summed E-state index contributed by atoms with van der Waals surface area (Å²) in [6.45, 7) is 1.23. The average Bonchev–Trinajstić information content (AvgIpc) is 2.41. The standard InChI is InChI=1S/C15H14BrFN2O2/c1-18(9-11-2-5-13(16)6-3-11)10-12-4-7-15(19(20)21)14(17)8-12/h2-8H,9-10H2,1H3. The first-order valence-electron chi connectivity index (χ1n) is 6.31. The zero-order chi connectivity index (χ0) is 15.4. The first-order chi connectivity index (χ1) is 9.95. The van der Waals surface area contributed by atoms with Crippen LogP contribution in [0.3, 0.4) is 0 Å². The molecule has 0 aliphatic rings. The molecule has 0 bridgehead atoms. The maximum Gasteiger partial charge on any atom is 0.304 e. The molecule has 0 radical (unpaired) electrons. The Morgan fingerprint density at radius 1 is 1.14 bits per heavy atom. The van der Waals surface area contributed by atoms with Crippen molar-refractivity contribution in [2.45, 2.75) is 13.1 Å². The van der Waals surface area contributed by atoms with Crippen LogP contribution in [0.1, 0.15) is 11.1 Å². The number of halogens is 2. The molecule has 0 unspecified atom stereocenters. The van der Waals surface area contributed by atoms with Gasteiger partial charge >= 0.3 is 5.69 Å². The summed E-state index contributed by atoms with van der Waals surface area (Å²) >= 11 is 3.38. The van der Waals surface area contributed by atoms with E-state index in [-0.39, 0.29) is 0 Å². The van der Waals surface area contributed by atoms with Crippen LogP contribution in [-0.2, 0) is 13.1 Å². The van der Waals surface area contributed by atoms with Crippen LogP contribution in [0.4, 0.5) is 10.1 Å². The highest BCUT2D eigenvalue weighted by atomic mass is 79.9. The lowest BCUT2D eigenvalue weighted by Gasteiger charge is -2.17. The fraction of sp³-hybridized carbons (Fsp3) is 0.200. The van der Waals surface area contributed by atoms with Crippen molar-refractivity contribution in [1.82, 2.24) is 4.90 Å². The number of rotatable bonds is 5. The molecule has 0 fully saturated rings. The summed E-state index contributed by atoms with van der Waals surface area (Å²) in [5.41, 5.74) is 1.36. The van der Waals surface area contributed by atoms with Gasteiger partial charge in [-0.1, -0.05) is 34.1 Å². The molecule has 2 aromatic rings. The molecule has 4 nitrogen and oxygen atoms in total. The van der Waals surface area contributed by atoms with E-state index < -0.39 is 16.4 Å². The van der Waals surface area contributed by atoms with Crippen molar-refractivity contribution >= 4 is 21.6 Å². The normalized spacial score (nSPS) is 10.9. The first kappa shape index (κ1) is 15.6. The lowest BCUT2D eigenvalue weighted by atomic mass is 10.1. The number of nitro groups is 1. The van der Waals surface area contributed by atoms with Gasteiger partial charge in [0.05, 0.1) is 4.92 Å². The fourth-order valence-corrected chi connectivity index (χ4v) is 2.33. The van der Waals surface area contributed by atoms with Crippen LogP contribution >= 0.6 is 15.9 Å². The summed E-state index contributed by atoms with van der Waals surface area (Å²) in [5, 5.41) is 10.6. The zero-order valence-corrected chi connectivity index (χ0v) is 13.0. The van der Waals surface area contributed by atoms with Gasteiger partial charge in [-0.25, -0.2) is 0 Å². The van der Waals surface area contributed by atoms with E-state index in [2.05, 4.69) is 15.9 Å². The van der Waals surface area contributed by atoms with Crippen molar-refractivity contribution in [3.8, 4) is 0 Å². The lowest BCUT2D eigenvalue weighted by molar-refractivity contribution is -0.387. The minimum absolute atomic E-state index is 0.491. The van der Waals surface area contributed by atoms with E-state index >= 15 is 0 Å². The van der Waals surface area contributed by atoms with E-state index in [4.69, 9.17) is 0 Å². The Bertz CT molecular complexity index is 647. The molecule has 0 N–H and O–H groups in total. The van der Waals surface area contributed by atoms with Gasteiger partial charge in [0.2, 0.25) is 5.82 Å². The molecule has 0 heterocycles. The Balaban J connectivity index is 2.02. The summed E-state index contributed by atoms with van der Waals surface area (Å²) in [6.07, 6.45) is 0. The maximum atomic E-state index is 13.6. The van der Waals surface area contributed by atoms with Gasteiger partial charge in [-0.3, -0.25) is 15.0 Å². The fourth-order valence-electron chi connectivity index (χ4n) is 2.07. The quantitative estimate of drug-likeness (QED) is 0.600. The van der Waals surface area contributed by atoms with E-state index in [9.17, 15) is 14.5 Å². The van der Waals surface area contributed by atoms with Crippen LogP contribution in [0, 0.1) is 15.9 Å².